The lowest BCUT2D eigenvalue weighted by molar-refractivity contribution is -0.679. The molecule has 0 saturated carbocycles. The third kappa shape index (κ3) is 1.68. The highest BCUT2D eigenvalue weighted by atomic mass is 15.0. The lowest BCUT2D eigenvalue weighted by Gasteiger charge is -2.05. The van der Waals surface area contributed by atoms with E-state index in [1.165, 1.54) is 24.4 Å². The maximum Gasteiger partial charge on any atom is 0.257 e. The molecule has 0 fully saturated rings. The molecule has 0 radical (unpaired) electrons. The Morgan fingerprint density at radius 2 is 2.00 bits per heavy atom. The molecule has 0 aliphatic heterocycles. The second-order valence-electron chi connectivity index (χ2n) is 3.45. The Bertz CT molecular complexity index is 246. The fraction of sp³-hybridized carbons (Fsp3) is 0.700. The van der Waals surface area contributed by atoms with Gasteiger partial charge in [-0.1, -0.05) is 13.8 Å². The van der Waals surface area contributed by atoms with Gasteiger partial charge < -0.3 is 0 Å². The first-order valence-corrected chi connectivity index (χ1v) is 4.74. The molecule has 1 aromatic heterocycles. The van der Waals surface area contributed by atoms with Gasteiger partial charge in [0.05, 0.1) is 13.0 Å². The zero-order chi connectivity index (χ0) is 9.14. The predicted molar refractivity (Wildman–Crippen MR) is 50.0 cm³/mol. The number of rotatable bonds is 3. The molecule has 0 unspecified atom stereocenters. The first-order valence-electron chi connectivity index (χ1n) is 4.74. The predicted octanol–water partition coefficient (Wildman–Crippen LogP) is 2.05. The molecular weight excluding hydrogens is 148 g/mol. The normalized spacial score (nSPS) is 11.1. The van der Waals surface area contributed by atoms with Crippen LogP contribution in [0.1, 0.15) is 44.1 Å². The van der Waals surface area contributed by atoms with Gasteiger partial charge in [-0.2, -0.15) is 0 Å². The highest BCUT2D eigenvalue weighted by Crippen LogP contribution is 2.17. The average Bonchev–Trinajstić information content (AvgIpc) is 2.34. The Balaban J connectivity index is 2.91. The summed E-state index contributed by atoms with van der Waals surface area (Å²) in [5.41, 5.74) is 1.25. The Morgan fingerprint density at radius 1 is 1.42 bits per heavy atom. The van der Waals surface area contributed by atoms with E-state index >= 15 is 0 Å². The number of H-pyrrole nitrogens is 1. The van der Waals surface area contributed by atoms with E-state index in [0.29, 0.717) is 5.92 Å². The van der Waals surface area contributed by atoms with Gasteiger partial charge in [0, 0.05) is 6.92 Å². The van der Waals surface area contributed by atoms with Crippen LogP contribution in [0.3, 0.4) is 0 Å². The van der Waals surface area contributed by atoms with Crippen molar-refractivity contribution in [1.29, 1.82) is 0 Å². The van der Waals surface area contributed by atoms with Crippen LogP contribution in [0.4, 0.5) is 0 Å². The Kier molecular flexibility index (Phi) is 2.90. The van der Waals surface area contributed by atoms with Crippen molar-refractivity contribution in [2.24, 2.45) is 7.05 Å². The molecule has 0 aromatic carbocycles. The van der Waals surface area contributed by atoms with Crippen molar-refractivity contribution in [1.82, 2.24) is 4.98 Å². The van der Waals surface area contributed by atoms with Gasteiger partial charge in [-0.3, -0.25) is 0 Å². The van der Waals surface area contributed by atoms with Gasteiger partial charge in [0.25, 0.3) is 5.82 Å². The molecule has 0 atom stereocenters. The van der Waals surface area contributed by atoms with Gasteiger partial charge in [0.1, 0.15) is 11.9 Å². The number of aromatic amines is 1. The Hall–Kier alpha value is -0.790. The number of nitrogens with zero attached hydrogens (tertiary/aromatic N) is 1. The summed E-state index contributed by atoms with van der Waals surface area (Å²) in [6, 6.07) is 0. The SMILES string of the molecule is CCC(CC)c1[nH]c(C)c[n+]1C. The van der Waals surface area contributed by atoms with E-state index < -0.39 is 0 Å². The van der Waals surface area contributed by atoms with E-state index in [2.05, 4.69) is 43.6 Å². The van der Waals surface area contributed by atoms with Gasteiger partial charge in [0.15, 0.2) is 0 Å². The van der Waals surface area contributed by atoms with Crippen molar-refractivity contribution in [3.8, 4) is 0 Å². The van der Waals surface area contributed by atoms with E-state index in [-0.39, 0.29) is 0 Å². The highest BCUT2D eigenvalue weighted by Gasteiger charge is 2.18. The number of aromatic nitrogens is 2. The Morgan fingerprint density at radius 3 is 2.33 bits per heavy atom. The summed E-state index contributed by atoms with van der Waals surface area (Å²) in [5.74, 6) is 2.04. The molecule has 1 aromatic rings. The molecule has 2 nitrogen and oxygen atoms in total. The first kappa shape index (κ1) is 9.30. The van der Waals surface area contributed by atoms with Crippen molar-refractivity contribution < 1.29 is 4.57 Å². The number of hydrogen-bond acceptors (Lipinski definition) is 0. The average molecular weight is 167 g/mol. The molecule has 2 heteroatoms. The summed E-state index contributed by atoms with van der Waals surface area (Å²) in [7, 11) is 2.11. The fourth-order valence-electron chi connectivity index (χ4n) is 1.75. The van der Waals surface area contributed by atoms with Crippen molar-refractivity contribution >= 4 is 0 Å². The van der Waals surface area contributed by atoms with Gasteiger partial charge in [-0.25, -0.2) is 9.55 Å². The van der Waals surface area contributed by atoms with Crippen molar-refractivity contribution in [2.45, 2.75) is 39.5 Å². The minimum atomic E-state index is 0.684. The summed E-state index contributed by atoms with van der Waals surface area (Å²) >= 11 is 0. The maximum atomic E-state index is 3.41. The summed E-state index contributed by atoms with van der Waals surface area (Å²) in [5, 5.41) is 0. The zero-order valence-corrected chi connectivity index (χ0v) is 8.52. The third-order valence-electron chi connectivity index (χ3n) is 2.46. The first-order chi connectivity index (χ1) is 5.69. The van der Waals surface area contributed by atoms with Crippen LogP contribution < -0.4 is 4.57 Å². The molecule has 12 heavy (non-hydrogen) atoms. The minimum absolute atomic E-state index is 0.684. The lowest BCUT2D eigenvalue weighted by atomic mass is 10.0. The summed E-state index contributed by atoms with van der Waals surface area (Å²) in [6.07, 6.45) is 4.57. The molecule has 0 bridgehead atoms. The van der Waals surface area contributed by atoms with Crippen LogP contribution in [-0.2, 0) is 7.05 Å². The van der Waals surface area contributed by atoms with Crippen LogP contribution in [0.2, 0.25) is 0 Å². The topological polar surface area (TPSA) is 19.7 Å². The smallest absolute Gasteiger partial charge is 0.245 e. The van der Waals surface area contributed by atoms with Crippen molar-refractivity contribution in [3.63, 3.8) is 0 Å². The molecule has 1 N–H and O–H groups in total. The summed E-state index contributed by atoms with van der Waals surface area (Å²) in [6.45, 7) is 6.58. The van der Waals surface area contributed by atoms with Crippen LogP contribution >= 0.6 is 0 Å². The summed E-state index contributed by atoms with van der Waals surface area (Å²) < 4.78 is 2.20. The maximum absolute atomic E-state index is 3.41. The van der Waals surface area contributed by atoms with Crippen molar-refractivity contribution in [3.05, 3.63) is 17.7 Å². The van der Waals surface area contributed by atoms with Gasteiger partial charge in [0.2, 0.25) is 0 Å². The Labute approximate surface area is 74.6 Å². The fourth-order valence-corrected chi connectivity index (χ4v) is 1.75. The number of hydrogen-bond donors (Lipinski definition) is 1. The molecule has 1 rings (SSSR count). The zero-order valence-electron chi connectivity index (χ0n) is 8.52. The molecule has 0 amide bonds. The van der Waals surface area contributed by atoms with Crippen LogP contribution in [0, 0.1) is 6.92 Å². The quantitative estimate of drug-likeness (QED) is 0.665. The van der Waals surface area contributed by atoms with E-state index in [1.54, 1.807) is 0 Å². The van der Waals surface area contributed by atoms with E-state index in [0.717, 1.165) is 0 Å². The standard InChI is InChI=1S/C10H18N2/c1-5-9(6-2)10-11-8(3)7-12(10)4/h7,9H,5-6H2,1-4H3/p+1. The summed E-state index contributed by atoms with van der Waals surface area (Å²) in [4.78, 5) is 3.41. The number of imidazole rings is 1. The second-order valence-corrected chi connectivity index (χ2v) is 3.45. The molecule has 68 valence electrons. The van der Waals surface area contributed by atoms with E-state index in [1.807, 2.05) is 0 Å². The minimum Gasteiger partial charge on any atom is -0.245 e. The molecule has 0 spiro atoms. The lowest BCUT2D eigenvalue weighted by Crippen LogP contribution is -2.32. The largest absolute Gasteiger partial charge is 0.257 e. The van der Waals surface area contributed by atoms with Crippen LogP contribution in [-0.4, -0.2) is 4.98 Å². The number of aryl methyl sites for hydroxylation is 2. The molecule has 1 heterocycles. The monoisotopic (exact) mass is 167 g/mol. The van der Waals surface area contributed by atoms with E-state index in [9.17, 15) is 0 Å². The van der Waals surface area contributed by atoms with Crippen LogP contribution in [0.25, 0.3) is 0 Å². The molecular formula is C10H19N2+. The second kappa shape index (κ2) is 3.74. The van der Waals surface area contributed by atoms with Gasteiger partial charge >= 0.3 is 0 Å². The molecule has 0 aliphatic carbocycles. The third-order valence-corrected chi connectivity index (χ3v) is 2.46. The molecule has 0 saturated heterocycles. The van der Waals surface area contributed by atoms with Gasteiger partial charge in [-0.05, 0) is 12.8 Å². The van der Waals surface area contributed by atoms with Crippen LogP contribution in [0.15, 0.2) is 6.20 Å². The number of nitrogens with one attached hydrogen (secondary N) is 1. The van der Waals surface area contributed by atoms with Crippen LogP contribution in [0.5, 0.6) is 0 Å². The van der Waals surface area contributed by atoms with Crippen molar-refractivity contribution in [2.75, 3.05) is 0 Å². The van der Waals surface area contributed by atoms with E-state index in [4.69, 9.17) is 0 Å². The highest BCUT2D eigenvalue weighted by molar-refractivity contribution is 4.95. The molecule has 0 aliphatic rings. The van der Waals surface area contributed by atoms with Gasteiger partial charge in [-0.15, -0.1) is 0 Å².